The molecule has 3 N–H and O–H groups in total. The van der Waals surface area contributed by atoms with Crippen molar-refractivity contribution in [1.82, 2.24) is 20.2 Å². The van der Waals surface area contributed by atoms with Crippen LogP contribution in [0.3, 0.4) is 0 Å². The topological polar surface area (TPSA) is 125 Å². The maximum Gasteiger partial charge on any atom is 0.407 e. The number of fused-ring (bicyclic) bond motifs is 3. The minimum Gasteiger partial charge on any atom is -0.480 e. The third kappa shape index (κ3) is 4.87. The van der Waals surface area contributed by atoms with E-state index in [-0.39, 0.29) is 18.9 Å². The van der Waals surface area contributed by atoms with E-state index in [0.717, 1.165) is 27.2 Å². The molecular formula is C24H24N4O5. The SMILES string of the molecule is CN(CC(=O)O)C(=O)[C@H](Cc1cnc[nH]1)NC(=O)OCC1c2ccccc2-c2ccccc21. The number of carbonyl (C=O) groups excluding carboxylic acids is 2. The van der Waals surface area contributed by atoms with Gasteiger partial charge in [-0.2, -0.15) is 0 Å². The van der Waals surface area contributed by atoms with E-state index >= 15 is 0 Å². The second-order valence-corrected chi connectivity index (χ2v) is 7.89. The highest BCUT2D eigenvalue weighted by Gasteiger charge is 2.30. The standard InChI is InChI=1S/C24H24N4O5/c1-28(12-22(29)30)23(31)21(10-15-11-25-14-26-15)27-24(32)33-13-20-18-8-4-2-6-16(18)17-7-3-5-9-19(17)20/h2-9,11,14,20-21H,10,12-13H2,1H3,(H,25,26)(H,27,32)(H,29,30)/t21-/m0/s1. The van der Waals surface area contributed by atoms with E-state index < -0.39 is 30.6 Å². The molecule has 0 saturated heterocycles. The fraction of sp³-hybridized carbons (Fsp3) is 0.250. The molecule has 1 heterocycles. The van der Waals surface area contributed by atoms with Crippen molar-refractivity contribution in [3.8, 4) is 11.1 Å². The second-order valence-electron chi connectivity index (χ2n) is 7.89. The smallest absolute Gasteiger partial charge is 0.407 e. The maximum absolute atomic E-state index is 12.8. The summed E-state index contributed by atoms with van der Waals surface area (Å²) in [6, 6.07) is 15.0. The average molecular weight is 448 g/mol. The third-order valence-electron chi connectivity index (χ3n) is 5.66. The van der Waals surface area contributed by atoms with Crippen LogP contribution in [0.4, 0.5) is 4.79 Å². The monoisotopic (exact) mass is 448 g/mol. The number of nitrogens with one attached hydrogen (secondary N) is 2. The molecule has 4 rings (SSSR count). The minimum atomic E-state index is -1.15. The number of carboxylic acids is 1. The number of nitrogens with zero attached hydrogens (tertiary/aromatic N) is 2. The van der Waals surface area contributed by atoms with Crippen LogP contribution in [0.2, 0.25) is 0 Å². The average Bonchev–Trinajstić information content (AvgIpc) is 3.42. The van der Waals surface area contributed by atoms with Crippen LogP contribution in [0, 0.1) is 0 Å². The fourth-order valence-electron chi connectivity index (χ4n) is 4.15. The molecule has 0 spiro atoms. The summed E-state index contributed by atoms with van der Waals surface area (Å²) >= 11 is 0. The van der Waals surface area contributed by atoms with Crippen LogP contribution in [-0.4, -0.2) is 64.2 Å². The summed E-state index contributed by atoms with van der Waals surface area (Å²) in [5.74, 6) is -1.80. The van der Waals surface area contributed by atoms with Crippen LogP contribution in [-0.2, 0) is 20.7 Å². The van der Waals surface area contributed by atoms with E-state index in [2.05, 4.69) is 15.3 Å². The number of carboxylic acid groups (broad SMARTS) is 1. The third-order valence-corrected chi connectivity index (χ3v) is 5.66. The van der Waals surface area contributed by atoms with Crippen molar-refractivity contribution in [3.63, 3.8) is 0 Å². The number of hydrogen-bond acceptors (Lipinski definition) is 5. The molecule has 9 heteroatoms. The molecule has 170 valence electrons. The van der Waals surface area contributed by atoms with Crippen LogP contribution in [0.25, 0.3) is 11.1 Å². The Hall–Kier alpha value is -4.14. The van der Waals surface area contributed by atoms with E-state index in [0.29, 0.717) is 5.69 Å². The zero-order valence-electron chi connectivity index (χ0n) is 18.0. The van der Waals surface area contributed by atoms with Gasteiger partial charge in [-0.05, 0) is 22.3 Å². The van der Waals surface area contributed by atoms with Crippen molar-refractivity contribution >= 4 is 18.0 Å². The summed E-state index contributed by atoms with van der Waals surface area (Å²) < 4.78 is 5.54. The molecule has 1 aliphatic rings. The number of amides is 2. The first-order valence-electron chi connectivity index (χ1n) is 10.5. The molecule has 1 aliphatic carbocycles. The quantitative estimate of drug-likeness (QED) is 0.486. The summed E-state index contributed by atoms with van der Waals surface area (Å²) in [6.45, 7) is -0.375. The summed E-state index contributed by atoms with van der Waals surface area (Å²) in [4.78, 5) is 44.3. The van der Waals surface area contributed by atoms with Crippen molar-refractivity contribution in [2.75, 3.05) is 20.2 Å². The molecule has 9 nitrogen and oxygen atoms in total. The predicted octanol–water partition coefficient (Wildman–Crippen LogP) is 2.40. The van der Waals surface area contributed by atoms with Crippen molar-refractivity contribution in [3.05, 3.63) is 77.9 Å². The molecule has 33 heavy (non-hydrogen) atoms. The number of benzene rings is 2. The van der Waals surface area contributed by atoms with Gasteiger partial charge >= 0.3 is 12.1 Å². The number of likely N-dealkylation sites (N-methyl/N-ethyl adjacent to an activating group) is 1. The number of ether oxygens (including phenoxy) is 1. The number of imidazole rings is 1. The Morgan fingerprint density at radius 3 is 2.33 bits per heavy atom. The largest absolute Gasteiger partial charge is 0.480 e. The summed E-state index contributed by atoms with van der Waals surface area (Å²) in [6.07, 6.45) is 2.37. The van der Waals surface area contributed by atoms with Gasteiger partial charge in [0.15, 0.2) is 0 Å². The van der Waals surface area contributed by atoms with Crippen molar-refractivity contribution in [1.29, 1.82) is 0 Å². The molecule has 2 amide bonds. The number of alkyl carbamates (subject to hydrolysis) is 1. The molecular weight excluding hydrogens is 424 g/mol. The Balaban J connectivity index is 1.45. The van der Waals surface area contributed by atoms with E-state index in [1.54, 1.807) is 0 Å². The number of rotatable bonds is 8. The Labute approximate surface area is 190 Å². The molecule has 1 atom stereocenters. The van der Waals surface area contributed by atoms with E-state index in [9.17, 15) is 14.4 Å². The second kappa shape index (κ2) is 9.56. The van der Waals surface area contributed by atoms with Gasteiger partial charge in [-0.15, -0.1) is 0 Å². The lowest BCUT2D eigenvalue weighted by Crippen LogP contribution is -2.50. The predicted molar refractivity (Wildman–Crippen MR) is 120 cm³/mol. The van der Waals surface area contributed by atoms with Gasteiger partial charge in [0.05, 0.1) is 6.33 Å². The zero-order chi connectivity index (χ0) is 23.4. The van der Waals surface area contributed by atoms with E-state index in [4.69, 9.17) is 9.84 Å². The molecule has 0 saturated carbocycles. The van der Waals surface area contributed by atoms with Gasteiger partial charge in [0.25, 0.3) is 0 Å². The molecule has 0 unspecified atom stereocenters. The molecule has 0 fully saturated rings. The normalized spacial score (nSPS) is 13.0. The number of hydrogen-bond donors (Lipinski definition) is 3. The molecule has 0 radical (unpaired) electrons. The molecule has 1 aromatic heterocycles. The van der Waals surface area contributed by atoms with Crippen LogP contribution in [0.1, 0.15) is 22.7 Å². The van der Waals surface area contributed by atoms with Gasteiger partial charge in [-0.1, -0.05) is 48.5 Å². The van der Waals surface area contributed by atoms with Gasteiger partial charge in [-0.25, -0.2) is 9.78 Å². The molecule has 0 aliphatic heterocycles. The molecule has 0 bridgehead atoms. The Kier molecular flexibility index (Phi) is 6.39. The lowest BCUT2D eigenvalue weighted by atomic mass is 9.98. The highest BCUT2D eigenvalue weighted by Crippen LogP contribution is 2.44. The minimum absolute atomic E-state index is 0.107. The fourth-order valence-corrected chi connectivity index (χ4v) is 4.15. The van der Waals surface area contributed by atoms with Gasteiger partial charge in [0.1, 0.15) is 19.2 Å². The summed E-state index contributed by atoms with van der Waals surface area (Å²) in [7, 11) is 1.37. The lowest BCUT2D eigenvalue weighted by molar-refractivity contribution is -0.144. The molecule has 3 aromatic rings. The first-order valence-corrected chi connectivity index (χ1v) is 10.5. The Bertz CT molecular complexity index is 1120. The van der Waals surface area contributed by atoms with Gasteiger partial charge in [-0.3, -0.25) is 9.59 Å². The number of aliphatic carboxylic acids is 1. The zero-order valence-corrected chi connectivity index (χ0v) is 18.0. The Morgan fingerprint density at radius 2 is 1.76 bits per heavy atom. The lowest BCUT2D eigenvalue weighted by Gasteiger charge is -2.23. The summed E-state index contributed by atoms with van der Waals surface area (Å²) in [5.41, 5.74) is 5.01. The Morgan fingerprint density at radius 1 is 1.12 bits per heavy atom. The highest BCUT2D eigenvalue weighted by atomic mass is 16.5. The number of aromatic amines is 1. The van der Waals surface area contributed by atoms with E-state index in [1.807, 2.05) is 48.5 Å². The van der Waals surface area contributed by atoms with Crippen LogP contribution < -0.4 is 5.32 Å². The first-order chi connectivity index (χ1) is 15.9. The number of aromatic nitrogens is 2. The highest BCUT2D eigenvalue weighted by molar-refractivity contribution is 5.88. The number of carbonyl (C=O) groups is 3. The van der Waals surface area contributed by atoms with Crippen molar-refractivity contribution in [2.45, 2.75) is 18.4 Å². The van der Waals surface area contributed by atoms with E-state index in [1.165, 1.54) is 19.6 Å². The first kappa shape index (κ1) is 22.1. The maximum atomic E-state index is 12.8. The van der Waals surface area contributed by atoms with Gasteiger partial charge in [0, 0.05) is 31.3 Å². The van der Waals surface area contributed by atoms with Crippen molar-refractivity contribution < 1.29 is 24.2 Å². The van der Waals surface area contributed by atoms with Crippen LogP contribution in [0.15, 0.2) is 61.1 Å². The number of H-pyrrole nitrogens is 1. The van der Waals surface area contributed by atoms with Gasteiger partial charge in [0.2, 0.25) is 5.91 Å². The van der Waals surface area contributed by atoms with Crippen LogP contribution >= 0.6 is 0 Å². The summed E-state index contributed by atoms with van der Waals surface area (Å²) in [5, 5.41) is 11.6. The van der Waals surface area contributed by atoms with Gasteiger partial charge < -0.3 is 25.0 Å². The molecule has 2 aromatic carbocycles. The van der Waals surface area contributed by atoms with Crippen LogP contribution in [0.5, 0.6) is 0 Å². The van der Waals surface area contributed by atoms with Crippen molar-refractivity contribution in [2.24, 2.45) is 0 Å².